The molecule has 0 aromatic carbocycles. The Hall–Kier alpha value is -0.870. The molecule has 0 spiro atoms. The van der Waals surface area contributed by atoms with Crippen LogP contribution in [0.25, 0.3) is 0 Å². The van der Waals surface area contributed by atoms with Crippen molar-refractivity contribution < 1.29 is 0 Å². The molecule has 2 aliphatic heterocycles. The number of halogens is 1. The average molecular weight is 239 g/mol. The van der Waals surface area contributed by atoms with E-state index in [-0.39, 0.29) is 0 Å². The summed E-state index contributed by atoms with van der Waals surface area (Å²) in [7, 11) is 0. The van der Waals surface area contributed by atoms with Crippen molar-refractivity contribution in [2.75, 3.05) is 31.1 Å². The van der Waals surface area contributed by atoms with Crippen molar-refractivity contribution in [1.82, 2.24) is 14.9 Å². The van der Waals surface area contributed by atoms with Crippen LogP contribution < -0.4 is 4.90 Å². The van der Waals surface area contributed by atoms with Crippen molar-refractivity contribution >= 4 is 17.4 Å². The molecule has 4 nitrogen and oxygen atoms in total. The molecule has 0 bridgehead atoms. The second kappa shape index (κ2) is 4.18. The molecule has 2 saturated heterocycles. The van der Waals surface area contributed by atoms with Crippen LogP contribution in [0.1, 0.15) is 12.8 Å². The smallest absolute Gasteiger partial charge is 0.171 e. The fraction of sp³-hybridized carbons (Fsp3) is 0.636. The molecule has 3 heterocycles. The first-order valence-electron chi connectivity index (χ1n) is 5.80. The summed E-state index contributed by atoms with van der Waals surface area (Å²) in [6, 6.07) is 0.687. The first kappa shape index (κ1) is 10.3. The van der Waals surface area contributed by atoms with Gasteiger partial charge in [-0.3, -0.25) is 4.90 Å². The Morgan fingerprint density at radius 3 is 2.94 bits per heavy atom. The Balaban J connectivity index is 1.79. The maximum absolute atomic E-state index is 6.07. The standard InChI is InChI=1S/C11H15ClN4/c12-10-11(14-4-3-13-10)16-7-6-15-5-1-2-9(15)8-16/h3-4,9H,1-2,5-8H2. The lowest BCUT2D eigenvalue weighted by Crippen LogP contribution is -2.50. The molecule has 1 aromatic heterocycles. The molecule has 0 N–H and O–H groups in total. The molecule has 2 fully saturated rings. The van der Waals surface area contributed by atoms with E-state index in [0.717, 1.165) is 25.5 Å². The van der Waals surface area contributed by atoms with Gasteiger partial charge in [-0.15, -0.1) is 0 Å². The fourth-order valence-electron chi connectivity index (χ4n) is 2.71. The Labute approximate surface area is 100 Å². The molecule has 3 rings (SSSR count). The summed E-state index contributed by atoms with van der Waals surface area (Å²) in [5.41, 5.74) is 0. The minimum Gasteiger partial charge on any atom is -0.351 e. The lowest BCUT2D eigenvalue weighted by molar-refractivity contribution is 0.230. The molecular weight excluding hydrogens is 224 g/mol. The number of hydrogen-bond donors (Lipinski definition) is 0. The molecule has 2 aliphatic rings. The van der Waals surface area contributed by atoms with Crippen LogP contribution in [0.4, 0.5) is 5.82 Å². The van der Waals surface area contributed by atoms with Gasteiger partial charge in [0.05, 0.1) is 0 Å². The fourth-order valence-corrected chi connectivity index (χ4v) is 2.93. The Kier molecular flexibility index (Phi) is 2.69. The molecule has 86 valence electrons. The van der Waals surface area contributed by atoms with Crippen LogP contribution in [-0.4, -0.2) is 47.1 Å². The summed E-state index contributed by atoms with van der Waals surface area (Å²) >= 11 is 6.07. The lowest BCUT2D eigenvalue weighted by atomic mass is 10.1. The maximum atomic E-state index is 6.07. The van der Waals surface area contributed by atoms with E-state index in [9.17, 15) is 0 Å². The topological polar surface area (TPSA) is 32.3 Å². The van der Waals surface area contributed by atoms with Crippen LogP contribution in [0.2, 0.25) is 5.15 Å². The van der Waals surface area contributed by atoms with Crippen LogP contribution >= 0.6 is 11.6 Å². The van der Waals surface area contributed by atoms with E-state index in [2.05, 4.69) is 19.8 Å². The zero-order valence-corrected chi connectivity index (χ0v) is 9.90. The van der Waals surface area contributed by atoms with Gasteiger partial charge in [-0.1, -0.05) is 11.6 Å². The third-order valence-corrected chi connectivity index (χ3v) is 3.79. The number of aromatic nitrogens is 2. The van der Waals surface area contributed by atoms with Gasteiger partial charge in [0.1, 0.15) is 0 Å². The van der Waals surface area contributed by atoms with E-state index in [1.165, 1.54) is 19.4 Å². The Morgan fingerprint density at radius 2 is 2.06 bits per heavy atom. The van der Waals surface area contributed by atoms with Crippen molar-refractivity contribution in [2.45, 2.75) is 18.9 Å². The summed E-state index contributed by atoms with van der Waals surface area (Å²) in [6.07, 6.45) is 5.97. The van der Waals surface area contributed by atoms with Crippen LogP contribution in [0.5, 0.6) is 0 Å². The average Bonchev–Trinajstić information content (AvgIpc) is 2.76. The van der Waals surface area contributed by atoms with E-state index in [4.69, 9.17) is 11.6 Å². The van der Waals surface area contributed by atoms with E-state index < -0.39 is 0 Å². The van der Waals surface area contributed by atoms with Gasteiger partial charge in [0.15, 0.2) is 11.0 Å². The molecule has 16 heavy (non-hydrogen) atoms. The summed E-state index contributed by atoms with van der Waals surface area (Å²) in [6.45, 7) is 4.43. The highest BCUT2D eigenvalue weighted by atomic mass is 35.5. The number of piperazine rings is 1. The van der Waals surface area contributed by atoms with Crippen molar-refractivity contribution in [1.29, 1.82) is 0 Å². The molecule has 0 radical (unpaired) electrons. The maximum Gasteiger partial charge on any atom is 0.171 e. The largest absolute Gasteiger partial charge is 0.351 e. The molecule has 1 aromatic rings. The van der Waals surface area contributed by atoms with Gasteiger partial charge in [-0.25, -0.2) is 9.97 Å². The molecule has 1 atom stereocenters. The highest BCUT2D eigenvalue weighted by Gasteiger charge is 2.31. The highest BCUT2D eigenvalue weighted by molar-refractivity contribution is 6.31. The monoisotopic (exact) mass is 238 g/mol. The molecule has 0 saturated carbocycles. The van der Waals surface area contributed by atoms with Gasteiger partial charge in [0.25, 0.3) is 0 Å². The Bertz CT molecular complexity index is 384. The zero-order chi connectivity index (χ0) is 11.0. The molecule has 0 amide bonds. The SMILES string of the molecule is Clc1nccnc1N1CCN2CCCC2C1. The molecule has 1 unspecified atom stereocenters. The van der Waals surface area contributed by atoms with Gasteiger partial charge >= 0.3 is 0 Å². The van der Waals surface area contributed by atoms with E-state index in [1.807, 2.05) is 0 Å². The van der Waals surface area contributed by atoms with Gasteiger partial charge in [-0.2, -0.15) is 0 Å². The number of anilines is 1. The van der Waals surface area contributed by atoms with Crippen molar-refractivity contribution in [3.8, 4) is 0 Å². The number of hydrogen-bond acceptors (Lipinski definition) is 4. The summed E-state index contributed by atoms with van der Waals surface area (Å²) in [5.74, 6) is 0.843. The lowest BCUT2D eigenvalue weighted by Gasteiger charge is -2.38. The van der Waals surface area contributed by atoms with Crippen LogP contribution in [0.3, 0.4) is 0 Å². The van der Waals surface area contributed by atoms with Crippen molar-refractivity contribution in [3.63, 3.8) is 0 Å². The number of nitrogens with zero attached hydrogens (tertiary/aromatic N) is 4. The first-order chi connectivity index (χ1) is 7.84. The third kappa shape index (κ3) is 1.76. The normalized spacial score (nSPS) is 25.8. The summed E-state index contributed by atoms with van der Waals surface area (Å²) in [4.78, 5) is 13.3. The second-order valence-corrected chi connectivity index (χ2v) is 4.81. The van der Waals surface area contributed by atoms with E-state index in [0.29, 0.717) is 11.2 Å². The minimum atomic E-state index is 0.522. The van der Waals surface area contributed by atoms with Gasteiger partial charge in [0.2, 0.25) is 0 Å². The van der Waals surface area contributed by atoms with Crippen molar-refractivity contribution in [3.05, 3.63) is 17.5 Å². The third-order valence-electron chi connectivity index (χ3n) is 3.52. The zero-order valence-electron chi connectivity index (χ0n) is 9.14. The van der Waals surface area contributed by atoms with Crippen LogP contribution in [0, 0.1) is 0 Å². The van der Waals surface area contributed by atoms with E-state index in [1.54, 1.807) is 12.4 Å². The number of fused-ring (bicyclic) bond motifs is 1. The minimum absolute atomic E-state index is 0.522. The first-order valence-corrected chi connectivity index (χ1v) is 6.18. The Morgan fingerprint density at radius 1 is 1.19 bits per heavy atom. The molecule has 0 aliphatic carbocycles. The highest BCUT2D eigenvalue weighted by Crippen LogP contribution is 2.27. The predicted molar refractivity (Wildman–Crippen MR) is 63.9 cm³/mol. The van der Waals surface area contributed by atoms with Crippen LogP contribution in [0.15, 0.2) is 12.4 Å². The second-order valence-electron chi connectivity index (χ2n) is 4.45. The summed E-state index contributed by atoms with van der Waals surface area (Å²) < 4.78 is 0. The van der Waals surface area contributed by atoms with Crippen molar-refractivity contribution in [2.24, 2.45) is 0 Å². The van der Waals surface area contributed by atoms with Gasteiger partial charge < -0.3 is 4.90 Å². The predicted octanol–water partition coefficient (Wildman–Crippen LogP) is 1.41. The summed E-state index contributed by atoms with van der Waals surface area (Å²) in [5, 5.41) is 0.522. The van der Waals surface area contributed by atoms with E-state index >= 15 is 0 Å². The number of rotatable bonds is 1. The quantitative estimate of drug-likeness (QED) is 0.741. The van der Waals surface area contributed by atoms with Gasteiger partial charge in [0, 0.05) is 38.1 Å². The van der Waals surface area contributed by atoms with Crippen LogP contribution in [-0.2, 0) is 0 Å². The molecule has 5 heteroatoms. The van der Waals surface area contributed by atoms with Gasteiger partial charge in [-0.05, 0) is 19.4 Å². The molecular formula is C11H15ClN4.